The van der Waals surface area contributed by atoms with Gasteiger partial charge in [0.15, 0.2) is 5.13 Å². The lowest BCUT2D eigenvalue weighted by Gasteiger charge is -2.04. The second-order valence-electron chi connectivity index (χ2n) is 4.41. The zero-order valence-corrected chi connectivity index (χ0v) is 12.8. The molecule has 3 rings (SSSR count). The van der Waals surface area contributed by atoms with Crippen LogP contribution in [-0.2, 0) is 0 Å². The molecule has 0 saturated carbocycles. The molecule has 2 aromatic heterocycles. The van der Waals surface area contributed by atoms with Gasteiger partial charge in [0.25, 0.3) is 5.91 Å². The molecule has 0 unspecified atom stereocenters. The fourth-order valence-electron chi connectivity index (χ4n) is 1.79. The van der Waals surface area contributed by atoms with E-state index in [0.29, 0.717) is 16.3 Å². The van der Waals surface area contributed by atoms with E-state index < -0.39 is 11.9 Å². The summed E-state index contributed by atoms with van der Waals surface area (Å²) < 4.78 is 0.853. The summed E-state index contributed by atoms with van der Waals surface area (Å²) in [7, 11) is 0. The van der Waals surface area contributed by atoms with Gasteiger partial charge in [-0.05, 0) is 18.2 Å². The second kappa shape index (κ2) is 6.75. The number of carbonyl (C=O) groups is 2. The average Bonchev–Trinajstić information content (AvgIpc) is 3.01. The van der Waals surface area contributed by atoms with E-state index in [1.165, 1.54) is 29.9 Å². The number of carbonyl (C=O) groups excluding carboxylic acids is 2. The van der Waals surface area contributed by atoms with Gasteiger partial charge in [0.2, 0.25) is 0 Å². The van der Waals surface area contributed by atoms with Gasteiger partial charge >= 0.3 is 6.03 Å². The van der Waals surface area contributed by atoms with E-state index in [2.05, 4.69) is 36.2 Å². The molecule has 0 radical (unpaired) electrons. The maximum atomic E-state index is 12.0. The second-order valence-corrected chi connectivity index (χ2v) is 5.44. The third-order valence-corrected chi connectivity index (χ3v) is 3.77. The number of hydrogen-bond acceptors (Lipinski definition) is 8. The molecule has 2 heterocycles. The molecule has 0 fully saturated rings. The van der Waals surface area contributed by atoms with Crippen molar-refractivity contribution in [2.24, 2.45) is 5.11 Å². The first-order chi connectivity index (χ1) is 11.7. The van der Waals surface area contributed by atoms with Crippen LogP contribution in [0.1, 0.15) is 10.5 Å². The molecule has 4 N–H and O–H groups in total. The smallest absolute Gasteiger partial charge is 0.297 e. The van der Waals surface area contributed by atoms with Gasteiger partial charge in [-0.25, -0.2) is 20.2 Å². The molecule has 0 bridgehead atoms. The Balaban J connectivity index is 1.75. The van der Waals surface area contributed by atoms with Gasteiger partial charge < -0.3 is 0 Å². The normalized spacial score (nSPS) is 10.2. The van der Waals surface area contributed by atoms with Crippen molar-refractivity contribution in [3.63, 3.8) is 0 Å². The van der Waals surface area contributed by atoms with Crippen molar-refractivity contribution in [1.29, 1.82) is 5.53 Å². The molecule has 0 aliphatic carbocycles. The molecule has 0 saturated heterocycles. The predicted octanol–water partition coefficient (Wildman–Crippen LogP) is 2.41. The van der Waals surface area contributed by atoms with Crippen LogP contribution in [0.15, 0.2) is 41.9 Å². The maximum absolute atomic E-state index is 12.0. The lowest BCUT2D eigenvalue weighted by atomic mass is 10.3. The number of nitrogens with one attached hydrogen (secondary N) is 4. The minimum Gasteiger partial charge on any atom is -0.297 e. The summed E-state index contributed by atoms with van der Waals surface area (Å²) in [6, 6.07) is 4.38. The lowest BCUT2D eigenvalue weighted by Crippen LogP contribution is -2.25. The van der Waals surface area contributed by atoms with Crippen molar-refractivity contribution in [2.75, 3.05) is 10.7 Å². The van der Waals surface area contributed by atoms with Crippen molar-refractivity contribution in [3.8, 4) is 0 Å². The third-order valence-electron chi connectivity index (χ3n) is 2.82. The van der Waals surface area contributed by atoms with Crippen molar-refractivity contribution in [3.05, 3.63) is 42.5 Å². The van der Waals surface area contributed by atoms with Gasteiger partial charge in [-0.15, -0.1) is 0 Å². The highest BCUT2D eigenvalue weighted by molar-refractivity contribution is 7.22. The molecular weight excluding hydrogens is 332 g/mol. The monoisotopic (exact) mass is 342 g/mol. The number of urea groups is 1. The Labute approximate surface area is 138 Å². The number of benzene rings is 1. The van der Waals surface area contributed by atoms with Crippen molar-refractivity contribution < 1.29 is 9.59 Å². The molecule has 1 aromatic carbocycles. The number of aromatic nitrogens is 3. The largest absolute Gasteiger partial charge is 0.377 e. The van der Waals surface area contributed by atoms with Gasteiger partial charge in [-0.3, -0.25) is 20.5 Å². The number of hydrazine groups is 1. The molecule has 3 amide bonds. The maximum Gasteiger partial charge on any atom is 0.377 e. The summed E-state index contributed by atoms with van der Waals surface area (Å²) in [5, 5.41) is 5.78. The van der Waals surface area contributed by atoms with E-state index in [9.17, 15) is 9.59 Å². The number of nitrogens with zero attached hydrogens (tertiary/aromatic N) is 4. The molecule has 0 atom stereocenters. The SMILES string of the molecule is N=NC(=O)NNc1ccc2sc(NC(=O)c3cnccn3)nc2c1. The van der Waals surface area contributed by atoms with Gasteiger partial charge in [0, 0.05) is 12.4 Å². The Bertz CT molecular complexity index is 911. The Morgan fingerprint density at radius 2 is 2.12 bits per heavy atom. The number of anilines is 2. The zero-order chi connectivity index (χ0) is 16.9. The van der Waals surface area contributed by atoms with E-state index in [-0.39, 0.29) is 5.69 Å². The predicted molar refractivity (Wildman–Crippen MR) is 86.9 cm³/mol. The number of hydrogen-bond donors (Lipinski definition) is 4. The summed E-state index contributed by atoms with van der Waals surface area (Å²) in [5.41, 5.74) is 12.8. The highest BCUT2D eigenvalue weighted by Crippen LogP contribution is 2.28. The first-order valence-electron chi connectivity index (χ1n) is 6.57. The summed E-state index contributed by atoms with van der Waals surface area (Å²) in [5.74, 6) is -0.398. The molecule has 0 aliphatic heterocycles. The Hall–Kier alpha value is -3.47. The summed E-state index contributed by atoms with van der Waals surface area (Å²) in [6.45, 7) is 0. The molecule has 10 nitrogen and oxygen atoms in total. The van der Waals surface area contributed by atoms with E-state index >= 15 is 0 Å². The summed E-state index contributed by atoms with van der Waals surface area (Å²) >= 11 is 1.30. The lowest BCUT2D eigenvalue weighted by molar-refractivity contribution is 0.102. The molecule has 0 spiro atoms. The molecule has 11 heteroatoms. The first kappa shape index (κ1) is 15.4. The van der Waals surface area contributed by atoms with E-state index in [1.807, 2.05) is 0 Å². The van der Waals surface area contributed by atoms with Crippen LogP contribution < -0.4 is 16.2 Å². The van der Waals surface area contributed by atoms with Gasteiger partial charge in [0.1, 0.15) is 5.69 Å². The average molecular weight is 342 g/mol. The summed E-state index contributed by atoms with van der Waals surface area (Å²) in [4.78, 5) is 35.0. The fraction of sp³-hybridized carbons (Fsp3) is 0. The van der Waals surface area contributed by atoms with Crippen LogP contribution in [0.4, 0.5) is 15.6 Å². The van der Waals surface area contributed by atoms with Crippen LogP contribution in [0.25, 0.3) is 10.2 Å². The Kier molecular flexibility index (Phi) is 4.34. The van der Waals surface area contributed by atoms with Gasteiger partial charge in [0.05, 0.1) is 22.1 Å². The third kappa shape index (κ3) is 3.47. The van der Waals surface area contributed by atoms with E-state index in [0.717, 1.165) is 4.70 Å². The van der Waals surface area contributed by atoms with Crippen LogP contribution in [0.2, 0.25) is 0 Å². The van der Waals surface area contributed by atoms with Crippen molar-refractivity contribution >= 4 is 44.3 Å². The quantitative estimate of drug-likeness (QED) is 0.423. The molecule has 24 heavy (non-hydrogen) atoms. The zero-order valence-electron chi connectivity index (χ0n) is 12.0. The number of fused-ring (bicyclic) bond motifs is 1. The molecule has 3 aromatic rings. The standard InChI is InChI=1S/C13H10N8O2S/c14-19-12(23)21-20-7-1-2-10-8(5-7)17-13(24-10)18-11(22)9-6-15-3-4-16-9/h1-6,14,20H,(H,21,23)(H,17,18,22). The van der Waals surface area contributed by atoms with Crippen LogP contribution in [-0.4, -0.2) is 26.9 Å². The Morgan fingerprint density at radius 1 is 1.25 bits per heavy atom. The van der Waals surface area contributed by atoms with Crippen LogP contribution in [0, 0.1) is 5.53 Å². The fourth-order valence-corrected chi connectivity index (χ4v) is 2.63. The first-order valence-corrected chi connectivity index (χ1v) is 7.39. The van der Waals surface area contributed by atoms with Crippen molar-refractivity contribution in [1.82, 2.24) is 20.4 Å². The van der Waals surface area contributed by atoms with Gasteiger partial charge in [-0.2, -0.15) is 5.53 Å². The highest BCUT2D eigenvalue weighted by atomic mass is 32.1. The number of thiazole rings is 1. The topological polar surface area (TPSA) is 145 Å². The van der Waals surface area contributed by atoms with Crippen LogP contribution in [0.3, 0.4) is 0 Å². The number of amides is 3. The van der Waals surface area contributed by atoms with Crippen LogP contribution in [0.5, 0.6) is 0 Å². The highest BCUT2D eigenvalue weighted by Gasteiger charge is 2.11. The van der Waals surface area contributed by atoms with E-state index in [4.69, 9.17) is 5.53 Å². The van der Waals surface area contributed by atoms with E-state index in [1.54, 1.807) is 18.2 Å². The molecular formula is C13H10N8O2S. The minimum absolute atomic E-state index is 0.195. The number of rotatable bonds is 4. The Morgan fingerprint density at radius 3 is 2.88 bits per heavy atom. The molecule has 120 valence electrons. The summed E-state index contributed by atoms with van der Waals surface area (Å²) in [6.07, 6.45) is 4.28. The molecule has 0 aliphatic rings. The van der Waals surface area contributed by atoms with Crippen molar-refractivity contribution in [2.45, 2.75) is 0 Å². The van der Waals surface area contributed by atoms with Crippen LogP contribution >= 0.6 is 11.3 Å². The minimum atomic E-state index is -0.815. The van der Waals surface area contributed by atoms with Gasteiger partial charge in [-0.1, -0.05) is 16.5 Å².